The Balaban J connectivity index is 1.61. The molecular formula is C25H27BrF2N2O4. The van der Waals surface area contributed by atoms with Gasteiger partial charge in [-0.2, -0.15) is 0 Å². The molecule has 0 unspecified atom stereocenters. The number of carbonyl (C=O) groups excluding carboxylic acids is 3. The number of likely N-dealkylation sites (tertiary alicyclic amines) is 1. The van der Waals surface area contributed by atoms with Gasteiger partial charge >= 0.3 is 5.97 Å². The van der Waals surface area contributed by atoms with Gasteiger partial charge < -0.3 is 15.0 Å². The Kier molecular flexibility index (Phi) is 8.77. The summed E-state index contributed by atoms with van der Waals surface area (Å²) in [6.45, 7) is 3.52. The molecule has 0 radical (unpaired) electrons. The summed E-state index contributed by atoms with van der Waals surface area (Å²) in [6.07, 6.45) is 0.585. The van der Waals surface area contributed by atoms with E-state index in [0.717, 1.165) is 16.1 Å². The van der Waals surface area contributed by atoms with Crippen molar-refractivity contribution < 1.29 is 27.9 Å². The van der Waals surface area contributed by atoms with Crippen molar-refractivity contribution in [2.75, 3.05) is 0 Å². The molecule has 0 aliphatic carbocycles. The van der Waals surface area contributed by atoms with E-state index < -0.39 is 35.6 Å². The van der Waals surface area contributed by atoms with Gasteiger partial charge in [0.05, 0.1) is 0 Å². The first-order valence-corrected chi connectivity index (χ1v) is 11.9. The fourth-order valence-electron chi connectivity index (χ4n) is 3.88. The Bertz CT molecular complexity index is 1060. The molecule has 1 heterocycles. The van der Waals surface area contributed by atoms with E-state index in [0.29, 0.717) is 6.42 Å². The maximum absolute atomic E-state index is 14.1. The lowest BCUT2D eigenvalue weighted by molar-refractivity contribution is -0.150. The number of hydrogen-bond donors (Lipinski definition) is 1. The maximum atomic E-state index is 14.1. The molecule has 6 nitrogen and oxygen atoms in total. The van der Waals surface area contributed by atoms with Crippen LogP contribution < -0.4 is 5.32 Å². The predicted octanol–water partition coefficient (Wildman–Crippen LogP) is 4.49. The molecule has 2 amide bonds. The minimum absolute atomic E-state index is 0.0522. The molecule has 3 rings (SSSR count). The van der Waals surface area contributed by atoms with E-state index in [1.807, 2.05) is 24.3 Å². The van der Waals surface area contributed by atoms with Gasteiger partial charge in [0.25, 0.3) is 0 Å². The summed E-state index contributed by atoms with van der Waals surface area (Å²) in [5.74, 6) is -3.41. The summed E-state index contributed by atoms with van der Waals surface area (Å²) < 4.78 is 33.9. The third-order valence-electron chi connectivity index (χ3n) is 5.81. The number of ether oxygens (including phenoxy) is 1. The van der Waals surface area contributed by atoms with E-state index in [9.17, 15) is 23.2 Å². The third-order valence-corrected chi connectivity index (χ3v) is 6.58. The van der Waals surface area contributed by atoms with Crippen molar-refractivity contribution in [1.82, 2.24) is 10.2 Å². The Hall–Kier alpha value is -2.81. The van der Waals surface area contributed by atoms with Crippen LogP contribution in [0.1, 0.15) is 44.2 Å². The van der Waals surface area contributed by atoms with Crippen molar-refractivity contribution in [2.24, 2.45) is 5.92 Å². The molecule has 2 atom stereocenters. The van der Waals surface area contributed by atoms with Gasteiger partial charge in [-0.15, -0.1) is 0 Å². The average Bonchev–Trinajstić information content (AvgIpc) is 3.13. The number of rotatable bonds is 9. The molecule has 182 valence electrons. The molecule has 0 aromatic heterocycles. The lowest BCUT2D eigenvalue weighted by Crippen LogP contribution is -2.47. The van der Waals surface area contributed by atoms with Crippen molar-refractivity contribution >= 4 is 33.7 Å². The summed E-state index contributed by atoms with van der Waals surface area (Å²) in [4.78, 5) is 39.2. The average molecular weight is 537 g/mol. The molecule has 1 fully saturated rings. The Morgan fingerprint density at radius 1 is 1.15 bits per heavy atom. The first kappa shape index (κ1) is 25.8. The second-order valence-corrected chi connectivity index (χ2v) is 9.47. The number of benzene rings is 2. The summed E-state index contributed by atoms with van der Waals surface area (Å²) >= 11 is 3.41. The van der Waals surface area contributed by atoms with E-state index in [1.165, 1.54) is 17.0 Å². The standard InChI is InChI=1S/C25H27BrF2N2O4/c1-15(2)24(25(33)34-14-17-6-3-4-8-19(17)26)29-21(31)12-18-10-11-22(32)30(18)13-16-7-5-9-20(27)23(16)28/h3-9,15,18,24H,10-14H2,1-2H3,(H,29,31)/t18-,24-/m0/s1. The number of amides is 2. The van der Waals surface area contributed by atoms with Crippen LogP contribution in [0.4, 0.5) is 8.78 Å². The van der Waals surface area contributed by atoms with Gasteiger partial charge in [-0.05, 0) is 24.5 Å². The van der Waals surface area contributed by atoms with Crippen LogP contribution in [0.25, 0.3) is 0 Å². The molecule has 0 spiro atoms. The quantitative estimate of drug-likeness (QED) is 0.479. The van der Waals surface area contributed by atoms with Crippen molar-refractivity contribution in [3.63, 3.8) is 0 Å². The molecule has 0 bridgehead atoms. The van der Waals surface area contributed by atoms with Crippen LogP contribution in [0.2, 0.25) is 0 Å². The highest BCUT2D eigenvalue weighted by molar-refractivity contribution is 9.10. The zero-order valence-corrected chi connectivity index (χ0v) is 20.6. The number of carbonyl (C=O) groups is 3. The molecule has 2 aromatic rings. The van der Waals surface area contributed by atoms with Crippen LogP contribution in [0.15, 0.2) is 46.9 Å². The summed E-state index contributed by atoms with van der Waals surface area (Å²) in [5.41, 5.74) is 0.853. The van der Waals surface area contributed by atoms with Crippen molar-refractivity contribution in [1.29, 1.82) is 0 Å². The second-order valence-electron chi connectivity index (χ2n) is 8.62. The van der Waals surface area contributed by atoms with E-state index in [4.69, 9.17) is 4.74 Å². The molecule has 1 saturated heterocycles. The first-order chi connectivity index (χ1) is 16.2. The highest BCUT2D eigenvalue weighted by Crippen LogP contribution is 2.25. The SMILES string of the molecule is CC(C)[C@H](NC(=O)C[C@@H]1CCC(=O)N1Cc1cccc(F)c1F)C(=O)OCc1ccccc1Br. The zero-order chi connectivity index (χ0) is 24.8. The summed E-state index contributed by atoms with van der Waals surface area (Å²) in [5, 5.41) is 2.72. The zero-order valence-electron chi connectivity index (χ0n) is 19.0. The molecule has 1 aliphatic rings. The number of halogens is 3. The number of nitrogens with one attached hydrogen (secondary N) is 1. The van der Waals surface area contributed by atoms with Gasteiger partial charge in [0.2, 0.25) is 11.8 Å². The number of hydrogen-bond acceptors (Lipinski definition) is 4. The van der Waals surface area contributed by atoms with Crippen LogP contribution in [-0.4, -0.2) is 34.8 Å². The van der Waals surface area contributed by atoms with E-state index in [2.05, 4.69) is 21.2 Å². The van der Waals surface area contributed by atoms with Crippen molar-refractivity contribution in [3.05, 3.63) is 69.7 Å². The topological polar surface area (TPSA) is 75.7 Å². The first-order valence-electron chi connectivity index (χ1n) is 11.1. The number of nitrogens with zero attached hydrogens (tertiary/aromatic N) is 1. The van der Waals surface area contributed by atoms with Gasteiger partial charge in [0, 0.05) is 41.0 Å². The Morgan fingerprint density at radius 2 is 1.85 bits per heavy atom. The predicted molar refractivity (Wildman–Crippen MR) is 125 cm³/mol. The lowest BCUT2D eigenvalue weighted by atomic mass is 10.0. The van der Waals surface area contributed by atoms with Crippen LogP contribution >= 0.6 is 15.9 Å². The smallest absolute Gasteiger partial charge is 0.329 e. The molecule has 34 heavy (non-hydrogen) atoms. The van der Waals surface area contributed by atoms with Crippen LogP contribution in [0.3, 0.4) is 0 Å². The highest BCUT2D eigenvalue weighted by atomic mass is 79.9. The normalized spacial score (nSPS) is 16.6. The summed E-state index contributed by atoms with van der Waals surface area (Å²) in [6, 6.07) is 9.83. The molecule has 9 heteroatoms. The minimum Gasteiger partial charge on any atom is -0.459 e. The summed E-state index contributed by atoms with van der Waals surface area (Å²) in [7, 11) is 0. The molecule has 0 saturated carbocycles. The van der Waals surface area contributed by atoms with Gasteiger partial charge in [0.15, 0.2) is 11.6 Å². The largest absolute Gasteiger partial charge is 0.459 e. The fraction of sp³-hybridized carbons (Fsp3) is 0.400. The van der Waals surface area contributed by atoms with Gasteiger partial charge in [-0.3, -0.25) is 9.59 Å². The van der Waals surface area contributed by atoms with Gasteiger partial charge in [-0.25, -0.2) is 13.6 Å². The van der Waals surface area contributed by atoms with E-state index in [-0.39, 0.29) is 43.4 Å². The fourth-order valence-corrected chi connectivity index (χ4v) is 4.27. The Morgan fingerprint density at radius 3 is 2.56 bits per heavy atom. The van der Waals surface area contributed by atoms with Gasteiger partial charge in [-0.1, -0.05) is 60.1 Å². The molecule has 1 aliphatic heterocycles. The third kappa shape index (κ3) is 6.40. The van der Waals surface area contributed by atoms with E-state index in [1.54, 1.807) is 13.8 Å². The molecule has 1 N–H and O–H groups in total. The highest BCUT2D eigenvalue weighted by Gasteiger charge is 2.34. The molecule has 2 aromatic carbocycles. The van der Waals surface area contributed by atoms with Crippen LogP contribution in [0, 0.1) is 17.6 Å². The molecular weight excluding hydrogens is 510 g/mol. The van der Waals surface area contributed by atoms with Crippen LogP contribution in [-0.2, 0) is 32.3 Å². The Labute approximate surface area is 205 Å². The second kappa shape index (κ2) is 11.6. The van der Waals surface area contributed by atoms with Crippen LogP contribution in [0.5, 0.6) is 0 Å². The van der Waals surface area contributed by atoms with Crippen molar-refractivity contribution in [3.8, 4) is 0 Å². The monoisotopic (exact) mass is 536 g/mol. The van der Waals surface area contributed by atoms with E-state index >= 15 is 0 Å². The maximum Gasteiger partial charge on any atom is 0.329 e. The number of esters is 1. The van der Waals surface area contributed by atoms with Crippen molar-refractivity contribution in [2.45, 2.75) is 58.3 Å². The minimum atomic E-state index is -1.00. The lowest BCUT2D eigenvalue weighted by Gasteiger charge is -2.26. The van der Waals surface area contributed by atoms with Gasteiger partial charge in [0.1, 0.15) is 12.6 Å².